The highest BCUT2D eigenvalue weighted by Gasteiger charge is 2.41. The van der Waals surface area contributed by atoms with Crippen LogP contribution in [0.1, 0.15) is 35.8 Å². The van der Waals surface area contributed by atoms with E-state index in [2.05, 4.69) is 28.9 Å². The van der Waals surface area contributed by atoms with E-state index >= 15 is 0 Å². The van der Waals surface area contributed by atoms with Gasteiger partial charge in [0.1, 0.15) is 5.69 Å². The predicted octanol–water partition coefficient (Wildman–Crippen LogP) is 3.09. The van der Waals surface area contributed by atoms with Crippen molar-refractivity contribution >= 4 is 11.6 Å². The van der Waals surface area contributed by atoms with Crippen molar-refractivity contribution in [2.75, 3.05) is 37.7 Å². The molecule has 1 aromatic carbocycles. The minimum Gasteiger partial charge on any atom is -0.366 e. The first-order valence-corrected chi connectivity index (χ1v) is 10.0. The van der Waals surface area contributed by atoms with Crippen molar-refractivity contribution < 1.29 is 14.3 Å². The minimum atomic E-state index is -0.465. The lowest BCUT2D eigenvalue weighted by molar-refractivity contribution is -0.181. The zero-order chi connectivity index (χ0) is 19.4. The maximum absolute atomic E-state index is 12.8. The number of hydrogen-bond donors (Lipinski definition) is 0. The summed E-state index contributed by atoms with van der Waals surface area (Å²) in [6, 6.07) is 14.2. The van der Waals surface area contributed by atoms with Crippen LogP contribution in [-0.4, -0.2) is 54.4 Å². The van der Waals surface area contributed by atoms with E-state index in [1.807, 2.05) is 35.2 Å². The average molecular weight is 381 g/mol. The largest absolute Gasteiger partial charge is 0.366 e. The maximum Gasteiger partial charge on any atom is 0.272 e. The van der Waals surface area contributed by atoms with Crippen LogP contribution in [0.4, 0.5) is 5.69 Å². The van der Waals surface area contributed by atoms with Gasteiger partial charge in [-0.1, -0.05) is 30.3 Å². The molecule has 148 valence electrons. The number of pyridine rings is 1. The molecule has 0 bridgehead atoms. The van der Waals surface area contributed by atoms with Crippen molar-refractivity contribution in [1.29, 1.82) is 0 Å². The molecule has 6 nitrogen and oxygen atoms in total. The van der Waals surface area contributed by atoms with Gasteiger partial charge in [-0.15, -0.1) is 0 Å². The van der Waals surface area contributed by atoms with Gasteiger partial charge in [-0.25, -0.2) is 4.98 Å². The van der Waals surface area contributed by atoms with E-state index in [0.717, 1.165) is 31.6 Å². The van der Waals surface area contributed by atoms with Gasteiger partial charge in [-0.2, -0.15) is 0 Å². The van der Waals surface area contributed by atoms with Gasteiger partial charge in [0.25, 0.3) is 5.91 Å². The number of ether oxygens (including phenoxy) is 2. The summed E-state index contributed by atoms with van der Waals surface area (Å²) in [5.41, 5.74) is 2.76. The summed E-state index contributed by atoms with van der Waals surface area (Å²) in [5, 5.41) is 0. The Hall–Kier alpha value is -2.44. The predicted molar refractivity (Wildman–Crippen MR) is 107 cm³/mol. The molecule has 4 rings (SSSR count). The molecule has 6 heteroatoms. The molecule has 3 heterocycles. The molecule has 2 aliphatic rings. The van der Waals surface area contributed by atoms with Crippen molar-refractivity contribution in [1.82, 2.24) is 9.88 Å². The molecule has 2 fully saturated rings. The number of aromatic nitrogens is 1. The quantitative estimate of drug-likeness (QED) is 0.797. The molecule has 2 saturated heterocycles. The molecular weight excluding hydrogens is 354 g/mol. The highest BCUT2D eigenvalue weighted by molar-refractivity contribution is 5.92. The highest BCUT2D eigenvalue weighted by atomic mass is 16.7. The third-order valence-corrected chi connectivity index (χ3v) is 5.56. The first-order valence-electron chi connectivity index (χ1n) is 10.0. The summed E-state index contributed by atoms with van der Waals surface area (Å²) in [6.07, 6.45) is 3.24. The van der Waals surface area contributed by atoms with Crippen LogP contribution >= 0.6 is 0 Å². The molecule has 0 radical (unpaired) electrons. The SMILES string of the molecule is CCN(Cc1ccccc1)c1ccc(C(=O)N2CCC3(CC2)OCCO3)nc1. The van der Waals surface area contributed by atoms with Crippen molar-refractivity contribution in [3.05, 3.63) is 59.9 Å². The number of carbonyl (C=O) groups is 1. The Morgan fingerprint density at radius 2 is 1.82 bits per heavy atom. The average Bonchev–Trinajstić information content (AvgIpc) is 3.21. The van der Waals surface area contributed by atoms with E-state index in [1.54, 1.807) is 6.20 Å². The van der Waals surface area contributed by atoms with Crippen LogP contribution in [0.15, 0.2) is 48.7 Å². The number of benzene rings is 1. The molecule has 2 aromatic rings. The number of piperidine rings is 1. The van der Waals surface area contributed by atoms with Gasteiger partial charge in [-0.3, -0.25) is 4.79 Å². The second kappa shape index (κ2) is 8.29. The fraction of sp³-hybridized carbons (Fsp3) is 0.455. The topological polar surface area (TPSA) is 54.9 Å². The number of likely N-dealkylation sites (tertiary alicyclic amines) is 1. The van der Waals surface area contributed by atoms with Crippen LogP contribution < -0.4 is 4.90 Å². The van der Waals surface area contributed by atoms with Crippen LogP contribution in [0.3, 0.4) is 0 Å². The molecule has 1 aromatic heterocycles. The van der Waals surface area contributed by atoms with Crippen molar-refractivity contribution in [2.45, 2.75) is 32.1 Å². The monoisotopic (exact) mass is 381 g/mol. The highest BCUT2D eigenvalue weighted by Crippen LogP contribution is 2.31. The van der Waals surface area contributed by atoms with E-state index < -0.39 is 5.79 Å². The Bertz CT molecular complexity index is 778. The first-order chi connectivity index (χ1) is 13.7. The summed E-state index contributed by atoms with van der Waals surface area (Å²) in [6.45, 7) is 6.38. The van der Waals surface area contributed by atoms with Gasteiger partial charge < -0.3 is 19.3 Å². The van der Waals surface area contributed by atoms with Crippen LogP contribution in [0, 0.1) is 0 Å². The lowest BCUT2D eigenvalue weighted by atomic mass is 10.0. The fourth-order valence-corrected chi connectivity index (χ4v) is 3.89. The molecule has 1 amide bonds. The van der Waals surface area contributed by atoms with Gasteiger partial charge in [0.05, 0.1) is 25.1 Å². The number of amides is 1. The van der Waals surface area contributed by atoms with Crippen LogP contribution in [0.2, 0.25) is 0 Å². The van der Waals surface area contributed by atoms with E-state index in [9.17, 15) is 4.79 Å². The number of nitrogens with zero attached hydrogens (tertiary/aromatic N) is 3. The maximum atomic E-state index is 12.8. The van der Waals surface area contributed by atoms with Gasteiger partial charge in [0.2, 0.25) is 0 Å². The van der Waals surface area contributed by atoms with E-state index in [0.29, 0.717) is 32.0 Å². The second-order valence-electron chi connectivity index (χ2n) is 7.30. The Morgan fingerprint density at radius 3 is 2.43 bits per heavy atom. The molecule has 0 saturated carbocycles. The summed E-state index contributed by atoms with van der Waals surface area (Å²) >= 11 is 0. The first kappa shape index (κ1) is 18.9. The molecule has 0 N–H and O–H groups in total. The zero-order valence-electron chi connectivity index (χ0n) is 16.3. The third kappa shape index (κ3) is 4.03. The molecule has 2 aliphatic heterocycles. The zero-order valence-corrected chi connectivity index (χ0v) is 16.3. The number of rotatable bonds is 5. The molecule has 28 heavy (non-hydrogen) atoms. The van der Waals surface area contributed by atoms with E-state index in [1.165, 1.54) is 5.56 Å². The van der Waals surface area contributed by atoms with Crippen molar-refractivity contribution in [2.24, 2.45) is 0 Å². The summed E-state index contributed by atoms with van der Waals surface area (Å²) < 4.78 is 11.5. The number of anilines is 1. The van der Waals surface area contributed by atoms with Crippen molar-refractivity contribution in [3.63, 3.8) is 0 Å². The fourth-order valence-electron chi connectivity index (χ4n) is 3.89. The van der Waals surface area contributed by atoms with Crippen LogP contribution in [0.25, 0.3) is 0 Å². The molecule has 0 aliphatic carbocycles. The Labute approximate surface area is 166 Å². The standard InChI is InChI=1S/C22H27N3O3/c1-2-24(17-18-6-4-3-5-7-18)19-8-9-20(23-16-19)21(26)25-12-10-22(11-13-25)27-14-15-28-22/h3-9,16H,2,10-15,17H2,1H3. The number of carbonyl (C=O) groups excluding carboxylic acids is 1. The Morgan fingerprint density at radius 1 is 1.11 bits per heavy atom. The smallest absolute Gasteiger partial charge is 0.272 e. The lowest BCUT2D eigenvalue weighted by Crippen LogP contribution is -2.47. The van der Waals surface area contributed by atoms with Crippen LogP contribution in [0.5, 0.6) is 0 Å². The van der Waals surface area contributed by atoms with Gasteiger partial charge in [0.15, 0.2) is 5.79 Å². The summed E-state index contributed by atoms with van der Waals surface area (Å²) in [7, 11) is 0. The Balaban J connectivity index is 1.39. The van der Waals surface area contributed by atoms with Gasteiger partial charge in [-0.05, 0) is 24.6 Å². The summed E-state index contributed by atoms with van der Waals surface area (Å²) in [5.74, 6) is -0.488. The van der Waals surface area contributed by atoms with E-state index in [-0.39, 0.29) is 5.91 Å². The van der Waals surface area contributed by atoms with Crippen molar-refractivity contribution in [3.8, 4) is 0 Å². The minimum absolute atomic E-state index is 0.0227. The van der Waals surface area contributed by atoms with Crippen LogP contribution in [-0.2, 0) is 16.0 Å². The van der Waals surface area contributed by atoms with Gasteiger partial charge >= 0.3 is 0 Å². The van der Waals surface area contributed by atoms with Gasteiger partial charge in [0, 0.05) is 39.0 Å². The normalized spacial score (nSPS) is 18.4. The Kier molecular flexibility index (Phi) is 5.59. The molecule has 0 unspecified atom stereocenters. The second-order valence-corrected chi connectivity index (χ2v) is 7.30. The summed E-state index contributed by atoms with van der Waals surface area (Å²) in [4.78, 5) is 21.4. The van der Waals surface area contributed by atoms with E-state index in [4.69, 9.17) is 9.47 Å². The molecule has 1 spiro atoms. The lowest BCUT2D eigenvalue weighted by Gasteiger charge is -2.37. The third-order valence-electron chi connectivity index (χ3n) is 5.56. The molecule has 0 atom stereocenters. The molecular formula is C22H27N3O3. The number of hydrogen-bond acceptors (Lipinski definition) is 5.